The maximum Gasteiger partial charge on any atom is 0.0934 e. The molecule has 1 spiro atoms. The van der Waals surface area contributed by atoms with Gasteiger partial charge in [0.15, 0.2) is 0 Å². The Labute approximate surface area is 246 Å². The van der Waals surface area contributed by atoms with Gasteiger partial charge in [0.2, 0.25) is 0 Å². The van der Waals surface area contributed by atoms with Gasteiger partial charge in [-0.3, -0.25) is 0 Å². The van der Waals surface area contributed by atoms with E-state index in [0.29, 0.717) is 23.7 Å². The zero-order valence-corrected chi connectivity index (χ0v) is 24.9. The summed E-state index contributed by atoms with van der Waals surface area (Å²) in [6.45, 7) is 5.04. The number of likely N-dealkylation sites (tertiary alicyclic amines) is 2. The molecule has 2 heterocycles. The number of rotatable bonds is 0. The first-order valence-corrected chi connectivity index (χ1v) is 16.6. The van der Waals surface area contributed by atoms with Crippen LogP contribution in [0.15, 0.2) is 41.5 Å². The highest BCUT2D eigenvalue weighted by molar-refractivity contribution is 6.09. The molecule has 3 aromatic carbocycles. The van der Waals surface area contributed by atoms with Crippen LogP contribution < -0.4 is 0 Å². The molecule has 42 heavy (non-hydrogen) atoms. The number of fused-ring (bicyclic) bond motifs is 3. The van der Waals surface area contributed by atoms with E-state index >= 15 is 0 Å². The molecular formula is C40H34N2+2. The van der Waals surface area contributed by atoms with Crippen molar-refractivity contribution in [3.8, 4) is 22.3 Å². The normalized spacial score (nSPS) is 38.4. The molecule has 0 radical (unpaired) electrons. The second kappa shape index (κ2) is 5.24. The first kappa shape index (κ1) is 20.7. The summed E-state index contributed by atoms with van der Waals surface area (Å²) in [6.07, 6.45) is 10.4. The number of hydrogen-bond donors (Lipinski definition) is 0. The highest BCUT2D eigenvalue weighted by atomic mass is 15.3. The summed E-state index contributed by atoms with van der Waals surface area (Å²) in [5, 5.41) is 0. The van der Waals surface area contributed by atoms with Crippen molar-refractivity contribution in [3.05, 3.63) is 103 Å². The van der Waals surface area contributed by atoms with Crippen molar-refractivity contribution in [2.45, 2.75) is 41.9 Å². The van der Waals surface area contributed by atoms with E-state index in [1.54, 1.807) is 94.6 Å². The lowest BCUT2D eigenvalue weighted by atomic mass is 9.52. The predicted molar refractivity (Wildman–Crippen MR) is 166 cm³/mol. The highest BCUT2D eigenvalue weighted by Gasteiger charge is 2.75. The molecule has 3 aromatic rings. The number of nitrogens with zero attached hydrogens (tertiary/aromatic N) is 2. The van der Waals surface area contributed by atoms with Crippen LogP contribution in [0, 0.1) is 5.41 Å². The van der Waals surface area contributed by atoms with E-state index in [-0.39, 0.29) is 10.8 Å². The van der Waals surface area contributed by atoms with Gasteiger partial charge in [0.1, 0.15) is 0 Å². The molecule has 2 heteroatoms. The maximum atomic E-state index is 2.85. The first-order valence-electron chi connectivity index (χ1n) is 16.6. The molecule has 9 aliphatic carbocycles. The van der Waals surface area contributed by atoms with Crippen LogP contribution in [-0.2, 0) is 18.3 Å². The van der Waals surface area contributed by atoms with Gasteiger partial charge in [-0.1, -0.05) is 36.4 Å². The van der Waals surface area contributed by atoms with E-state index in [4.69, 9.17) is 0 Å². The van der Waals surface area contributed by atoms with Crippen molar-refractivity contribution >= 4 is 11.6 Å². The fraction of sp³-hybridized carbons (Fsp3) is 0.400. The molecule has 2 fully saturated rings. The van der Waals surface area contributed by atoms with Crippen LogP contribution in [0.2, 0.25) is 0 Å². The second-order valence-corrected chi connectivity index (χ2v) is 17.7. The Morgan fingerprint density at radius 1 is 0.690 bits per heavy atom. The van der Waals surface area contributed by atoms with Gasteiger partial charge in [-0.05, 0) is 113 Å². The Hall–Kier alpha value is -3.20. The summed E-state index contributed by atoms with van der Waals surface area (Å²) < 4.78 is 2.27. The molecule has 11 aliphatic rings. The summed E-state index contributed by atoms with van der Waals surface area (Å²) >= 11 is 0. The Morgan fingerprint density at radius 2 is 1.38 bits per heavy atom. The molecule has 6 atom stereocenters. The van der Waals surface area contributed by atoms with E-state index in [2.05, 4.69) is 64.6 Å². The average Bonchev–Trinajstić information content (AvgIpc) is 3.72. The van der Waals surface area contributed by atoms with Gasteiger partial charge in [0.25, 0.3) is 0 Å². The van der Waals surface area contributed by atoms with Crippen molar-refractivity contribution in [1.82, 2.24) is 0 Å². The number of hydrogen-bond acceptors (Lipinski definition) is 0. The number of benzene rings is 3. The fourth-order valence-electron chi connectivity index (χ4n) is 14.5. The lowest BCUT2D eigenvalue weighted by Crippen LogP contribution is -2.47. The largest absolute Gasteiger partial charge is 0.327 e. The molecule has 2 nitrogen and oxygen atoms in total. The topological polar surface area (TPSA) is 0 Å². The minimum absolute atomic E-state index is 0.111. The molecule has 0 amide bonds. The van der Waals surface area contributed by atoms with E-state index in [1.165, 1.54) is 26.2 Å². The summed E-state index contributed by atoms with van der Waals surface area (Å²) in [7, 11) is 10.0. The molecule has 2 saturated heterocycles. The smallest absolute Gasteiger partial charge is 0.0934 e. The molecule has 0 saturated carbocycles. The summed E-state index contributed by atoms with van der Waals surface area (Å²) in [5.74, 6) is 2.44. The van der Waals surface area contributed by atoms with Crippen LogP contribution in [0.1, 0.15) is 84.9 Å². The minimum atomic E-state index is 0.111. The van der Waals surface area contributed by atoms with Gasteiger partial charge in [-0.2, -0.15) is 0 Å². The Kier molecular flexibility index (Phi) is 2.58. The van der Waals surface area contributed by atoms with Gasteiger partial charge >= 0.3 is 0 Å². The Balaban J connectivity index is 1.26. The number of allylic oxidation sites excluding steroid dienone is 2. The van der Waals surface area contributed by atoms with E-state index in [0.717, 1.165) is 21.8 Å². The number of quaternary nitrogens is 2. The third kappa shape index (κ3) is 1.62. The Bertz CT molecular complexity index is 2230. The van der Waals surface area contributed by atoms with Crippen molar-refractivity contribution in [3.63, 3.8) is 0 Å². The van der Waals surface area contributed by atoms with Gasteiger partial charge < -0.3 is 8.97 Å². The van der Waals surface area contributed by atoms with E-state index in [1.807, 2.05) is 5.57 Å². The van der Waals surface area contributed by atoms with Crippen LogP contribution in [-0.4, -0.2) is 63.3 Å². The van der Waals surface area contributed by atoms with Crippen LogP contribution in [0.3, 0.4) is 0 Å². The highest BCUT2D eigenvalue weighted by Crippen LogP contribution is 2.81. The van der Waals surface area contributed by atoms with Gasteiger partial charge in [0, 0.05) is 23.7 Å². The van der Waals surface area contributed by atoms with Gasteiger partial charge in [-0.15, -0.1) is 0 Å². The molecule has 6 unspecified atom stereocenters. The van der Waals surface area contributed by atoms with Crippen molar-refractivity contribution in [2.75, 3.05) is 54.4 Å². The summed E-state index contributed by atoms with van der Waals surface area (Å²) in [5.41, 5.74) is 31.4. The molecule has 14 rings (SSSR count). The molecule has 0 bridgehead atoms. The lowest BCUT2D eigenvalue weighted by molar-refractivity contribution is -0.881. The molecular weight excluding hydrogens is 508 g/mol. The quantitative estimate of drug-likeness (QED) is 0.227. The average molecular weight is 543 g/mol. The van der Waals surface area contributed by atoms with Crippen molar-refractivity contribution in [2.24, 2.45) is 5.41 Å². The first-order chi connectivity index (χ1) is 20.2. The zero-order chi connectivity index (χ0) is 27.2. The van der Waals surface area contributed by atoms with Crippen LogP contribution in [0.5, 0.6) is 0 Å². The third-order valence-electron chi connectivity index (χ3n) is 14.8. The van der Waals surface area contributed by atoms with Gasteiger partial charge in [0.05, 0.1) is 65.2 Å². The molecule has 202 valence electrons. The minimum Gasteiger partial charge on any atom is -0.327 e. The van der Waals surface area contributed by atoms with E-state index in [9.17, 15) is 0 Å². The second-order valence-electron chi connectivity index (χ2n) is 17.7. The van der Waals surface area contributed by atoms with Crippen LogP contribution >= 0.6 is 0 Å². The molecule has 2 aliphatic heterocycles. The van der Waals surface area contributed by atoms with Crippen molar-refractivity contribution in [1.29, 1.82) is 0 Å². The van der Waals surface area contributed by atoms with E-state index < -0.39 is 0 Å². The summed E-state index contributed by atoms with van der Waals surface area (Å²) in [6, 6.07) is 8.21. The van der Waals surface area contributed by atoms with Crippen molar-refractivity contribution < 1.29 is 8.97 Å². The van der Waals surface area contributed by atoms with Crippen LogP contribution in [0.4, 0.5) is 0 Å². The summed E-state index contributed by atoms with van der Waals surface area (Å²) in [4.78, 5) is 0. The molecule has 0 aromatic heterocycles. The fourth-order valence-corrected chi connectivity index (χ4v) is 14.5. The monoisotopic (exact) mass is 542 g/mol. The SMILES string of the molecule is C[N+]1(C)CC2c3cc4c5c6c3-c3c(cc7c8c3C6C3C6=C5C(=CC59C=Cc%10cc(c-8c3c%10C65C[N+](C)(C)C9)C7)C4)C2C1. The maximum absolute atomic E-state index is 2.85. The Morgan fingerprint density at radius 3 is 2.17 bits per heavy atom. The predicted octanol–water partition coefficient (Wildman–Crippen LogP) is 6.36. The third-order valence-corrected chi connectivity index (χ3v) is 14.8. The van der Waals surface area contributed by atoms with Gasteiger partial charge in [-0.25, -0.2) is 0 Å². The standard InChI is InChI=1S/C40H34N2/c1-41(2)13-24-22-10-19-8-18-7-17-5-6-39-12-21-9-20-11-23(25(24)14-41)31-30(22)32-26(19)27(18)35-36-34(32)33(31)28(20)29(21)38(36)40(39,37(17)35)16-42(3,4)15-39/h5-7,10-12,24-25,34,36H,8-9,13-16H2,1-4H3/q+2. The number of likely N-dealkylation sites (N-methyl/N-ethyl adjacent to an activating group) is 2. The van der Waals surface area contributed by atoms with Crippen LogP contribution in [0.25, 0.3) is 33.9 Å². The zero-order valence-electron chi connectivity index (χ0n) is 24.9. The molecule has 0 N–H and O–H groups in total. The lowest BCUT2D eigenvalue weighted by Gasteiger charge is -2.47.